The van der Waals surface area contributed by atoms with E-state index in [1.54, 1.807) is 11.0 Å². The van der Waals surface area contributed by atoms with Crippen LogP contribution in [0, 0.1) is 0 Å². The Morgan fingerprint density at radius 3 is 2.43 bits per heavy atom. The highest BCUT2D eigenvalue weighted by molar-refractivity contribution is 5.29. The third kappa shape index (κ3) is 1.66. The average Bonchev–Trinajstić information content (AvgIpc) is 2.68. The van der Waals surface area contributed by atoms with Crippen molar-refractivity contribution < 1.29 is 0 Å². The highest BCUT2D eigenvalue weighted by atomic mass is 15.3. The fourth-order valence-corrected chi connectivity index (χ4v) is 1.25. The molecule has 0 atom stereocenters. The number of hydrogen-bond acceptors (Lipinski definition) is 2. The van der Waals surface area contributed by atoms with Crippen molar-refractivity contribution in [3.05, 3.63) is 42.5 Å². The lowest BCUT2D eigenvalue weighted by Crippen LogP contribution is -1.96. The summed E-state index contributed by atoms with van der Waals surface area (Å²) in [7, 11) is 0. The lowest BCUT2D eigenvalue weighted by molar-refractivity contribution is 0.754. The van der Waals surface area contributed by atoms with E-state index >= 15 is 0 Å². The van der Waals surface area contributed by atoms with Crippen molar-refractivity contribution in [2.75, 3.05) is 0 Å². The maximum atomic E-state index is 4.39. The molecule has 2 rings (SSSR count). The van der Waals surface area contributed by atoms with E-state index in [1.807, 2.05) is 30.3 Å². The summed E-state index contributed by atoms with van der Waals surface area (Å²) in [6.07, 6.45) is 1.75. The van der Waals surface area contributed by atoms with Gasteiger partial charge in [0.1, 0.15) is 6.33 Å². The number of para-hydroxylation sites is 1. The van der Waals surface area contributed by atoms with E-state index in [2.05, 4.69) is 23.9 Å². The minimum atomic E-state index is 0.375. The SMILES string of the molecule is CC(C)c1ncn(-c2ccccc2)n1. The fraction of sp³-hybridized carbons (Fsp3) is 0.273. The summed E-state index contributed by atoms with van der Waals surface area (Å²) in [6, 6.07) is 10.00. The van der Waals surface area contributed by atoms with Gasteiger partial charge in [-0.1, -0.05) is 32.0 Å². The quantitative estimate of drug-likeness (QED) is 0.722. The molecule has 0 radical (unpaired) electrons. The largest absolute Gasteiger partial charge is 0.221 e. The Morgan fingerprint density at radius 2 is 1.86 bits per heavy atom. The first-order valence-corrected chi connectivity index (χ1v) is 4.74. The number of rotatable bonds is 2. The van der Waals surface area contributed by atoms with Crippen LogP contribution in [0.2, 0.25) is 0 Å². The van der Waals surface area contributed by atoms with Crippen molar-refractivity contribution in [3.8, 4) is 5.69 Å². The highest BCUT2D eigenvalue weighted by Crippen LogP contribution is 2.10. The Kier molecular flexibility index (Phi) is 2.31. The molecule has 0 spiro atoms. The van der Waals surface area contributed by atoms with Crippen LogP contribution in [-0.2, 0) is 0 Å². The van der Waals surface area contributed by atoms with Crippen LogP contribution in [0.4, 0.5) is 0 Å². The number of nitrogens with zero attached hydrogens (tertiary/aromatic N) is 3. The lowest BCUT2D eigenvalue weighted by atomic mass is 10.2. The predicted octanol–water partition coefficient (Wildman–Crippen LogP) is 2.39. The van der Waals surface area contributed by atoms with E-state index in [-0.39, 0.29) is 0 Å². The predicted molar refractivity (Wildman–Crippen MR) is 55.4 cm³/mol. The molecule has 0 bridgehead atoms. The van der Waals surface area contributed by atoms with Crippen molar-refractivity contribution in [1.29, 1.82) is 0 Å². The van der Waals surface area contributed by atoms with Crippen LogP contribution in [0.1, 0.15) is 25.6 Å². The molecule has 0 aliphatic rings. The van der Waals surface area contributed by atoms with Gasteiger partial charge in [-0.25, -0.2) is 9.67 Å². The smallest absolute Gasteiger partial charge is 0.153 e. The molecule has 14 heavy (non-hydrogen) atoms. The summed E-state index contributed by atoms with van der Waals surface area (Å²) >= 11 is 0. The molecular weight excluding hydrogens is 174 g/mol. The van der Waals surface area contributed by atoms with Crippen LogP contribution >= 0.6 is 0 Å². The van der Waals surface area contributed by atoms with Gasteiger partial charge in [-0.15, -0.1) is 0 Å². The van der Waals surface area contributed by atoms with Gasteiger partial charge in [-0.2, -0.15) is 5.10 Å². The Morgan fingerprint density at radius 1 is 1.14 bits per heavy atom. The molecule has 3 nitrogen and oxygen atoms in total. The Bertz CT molecular complexity index is 403. The highest BCUT2D eigenvalue weighted by Gasteiger charge is 2.05. The van der Waals surface area contributed by atoms with Gasteiger partial charge in [-0.3, -0.25) is 0 Å². The summed E-state index contributed by atoms with van der Waals surface area (Å²) in [6.45, 7) is 4.18. The minimum absolute atomic E-state index is 0.375. The first kappa shape index (κ1) is 8.94. The first-order valence-electron chi connectivity index (χ1n) is 4.74. The van der Waals surface area contributed by atoms with E-state index in [1.165, 1.54) is 0 Å². The van der Waals surface area contributed by atoms with Gasteiger partial charge in [0.05, 0.1) is 5.69 Å². The van der Waals surface area contributed by atoms with Crippen LogP contribution in [-0.4, -0.2) is 14.8 Å². The second kappa shape index (κ2) is 3.62. The maximum absolute atomic E-state index is 4.39. The summed E-state index contributed by atoms with van der Waals surface area (Å²) in [5.74, 6) is 1.26. The lowest BCUT2D eigenvalue weighted by Gasteiger charge is -1.99. The van der Waals surface area contributed by atoms with Crippen LogP contribution in [0.5, 0.6) is 0 Å². The number of aromatic nitrogens is 3. The first-order chi connectivity index (χ1) is 6.77. The standard InChI is InChI=1S/C11H13N3/c1-9(2)11-12-8-14(13-11)10-6-4-3-5-7-10/h3-9H,1-2H3. The number of hydrogen-bond donors (Lipinski definition) is 0. The Labute approximate surface area is 83.4 Å². The summed E-state index contributed by atoms with van der Waals surface area (Å²) in [4.78, 5) is 4.24. The van der Waals surface area contributed by atoms with Crippen LogP contribution < -0.4 is 0 Å². The zero-order chi connectivity index (χ0) is 9.97. The maximum Gasteiger partial charge on any atom is 0.153 e. The monoisotopic (exact) mass is 187 g/mol. The second-order valence-corrected chi connectivity index (χ2v) is 3.54. The average molecular weight is 187 g/mol. The van der Waals surface area contributed by atoms with Gasteiger partial charge < -0.3 is 0 Å². The van der Waals surface area contributed by atoms with E-state index in [9.17, 15) is 0 Å². The molecule has 0 saturated carbocycles. The van der Waals surface area contributed by atoms with Crippen molar-refractivity contribution in [2.45, 2.75) is 19.8 Å². The van der Waals surface area contributed by atoms with Crippen molar-refractivity contribution in [1.82, 2.24) is 14.8 Å². The van der Waals surface area contributed by atoms with E-state index in [0.717, 1.165) is 11.5 Å². The summed E-state index contributed by atoms with van der Waals surface area (Å²) in [5.41, 5.74) is 1.05. The fourth-order valence-electron chi connectivity index (χ4n) is 1.25. The van der Waals surface area contributed by atoms with Crippen LogP contribution in [0.3, 0.4) is 0 Å². The van der Waals surface area contributed by atoms with Gasteiger partial charge in [0, 0.05) is 5.92 Å². The Balaban J connectivity index is 2.34. The topological polar surface area (TPSA) is 30.7 Å². The summed E-state index contributed by atoms with van der Waals surface area (Å²) in [5, 5.41) is 4.39. The molecule has 2 aromatic rings. The second-order valence-electron chi connectivity index (χ2n) is 3.54. The molecule has 3 heteroatoms. The van der Waals surface area contributed by atoms with Crippen molar-refractivity contribution >= 4 is 0 Å². The van der Waals surface area contributed by atoms with Gasteiger partial charge in [0.2, 0.25) is 0 Å². The molecule has 0 fully saturated rings. The zero-order valence-electron chi connectivity index (χ0n) is 8.38. The molecule has 0 aliphatic heterocycles. The number of benzene rings is 1. The zero-order valence-corrected chi connectivity index (χ0v) is 8.38. The molecule has 0 amide bonds. The van der Waals surface area contributed by atoms with Crippen LogP contribution in [0.25, 0.3) is 5.69 Å². The molecule has 72 valence electrons. The normalized spacial score (nSPS) is 10.8. The third-order valence-electron chi connectivity index (χ3n) is 2.05. The van der Waals surface area contributed by atoms with Gasteiger partial charge in [0.25, 0.3) is 0 Å². The van der Waals surface area contributed by atoms with Crippen molar-refractivity contribution in [2.24, 2.45) is 0 Å². The molecule has 0 unspecified atom stereocenters. The van der Waals surface area contributed by atoms with E-state index in [4.69, 9.17) is 0 Å². The molecule has 0 saturated heterocycles. The molecule has 0 aliphatic carbocycles. The molecule has 1 heterocycles. The third-order valence-corrected chi connectivity index (χ3v) is 2.05. The van der Waals surface area contributed by atoms with E-state index in [0.29, 0.717) is 5.92 Å². The van der Waals surface area contributed by atoms with E-state index < -0.39 is 0 Å². The molecular formula is C11H13N3. The van der Waals surface area contributed by atoms with Crippen molar-refractivity contribution in [3.63, 3.8) is 0 Å². The van der Waals surface area contributed by atoms with Gasteiger partial charge >= 0.3 is 0 Å². The summed E-state index contributed by atoms with van der Waals surface area (Å²) < 4.78 is 1.80. The molecule has 1 aromatic heterocycles. The Hall–Kier alpha value is -1.64. The molecule has 1 aromatic carbocycles. The van der Waals surface area contributed by atoms with Gasteiger partial charge in [-0.05, 0) is 12.1 Å². The van der Waals surface area contributed by atoms with Gasteiger partial charge in [0.15, 0.2) is 5.82 Å². The van der Waals surface area contributed by atoms with Crippen LogP contribution in [0.15, 0.2) is 36.7 Å². The minimum Gasteiger partial charge on any atom is -0.221 e. The molecule has 0 N–H and O–H groups in total.